The van der Waals surface area contributed by atoms with Crippen molar-refractivity contribution in [3.05, 3.63) is 33.4 Å². The Morgan fingerprint density at radius 3 is 1.95 bits per heavy atom. The molecular formula is C29H43IN5O9+. The highest BCUT2D eigenvalue weighted by atomic mass is 127. The number of rotatable bonds is 18. The zero-order valence-electron chi connectivity index (χ0n) is 24.6. The van der Waals surface area contributed by atoms with E-state index in [0.29, 0.717) is 25.2 Å². The fraction of sp³-hybridized carbons (Fsp3) is 0.586. The first-order chi connectivity index (χ1) is 20.9. The van der Waals surface area contributed by atoms with Crippen molar-refractivity contribution in [2.45, 2.75) is 82.3 Å². The molecule has 0 bridgehead atoms. The Labute approximate surface area is 269 Å². The second kappa shape index (κ2) is 19.0. The Hall–Kier alpha value is -3.47. The smallest absolute Gasteiger partial charge is 0.326 e. The Balaban J connectivity index is 1.88. The van der Waals surface area contributed by atoms with Gasteiger partial charge in [-0.3, -0.25) is 14.4 Å². The fourth-order valence-corrected chi connectivity index (χ4v) is 5.38. The largest absolute Gasteiger partial charge is 0.481 e. The monoisotopic (exact) mass is 732 g/mol. The maximum absolute atomic E-state index is 13.2. The molecule has 1 fully saturated rings. The Bertz CT molecular complexity index is 1140. The fourth-order valence-electron chi connectivity index (χ4n) is 5.02. The molecule has 1 saturated carbocycles. The number of carboxylic acids is 3. The van der Waals surface area contributed by atoms with E-state index in [2.05, 4.69) is 49.6 Å². The molecule has 244 valence electrons. The van der Waals surface area contributed by atoms with Crippen LogP contribution in [0.3, 0.4) is 0 Å². The molecule has 0 heterocycles. The van der Waals surface area contributed by atoms with Gasteiger partial charge in [0.25, 0.3) is 0 Å². The minimum Gasteiger partial charge on any atom is -0.481 e. The van der Waals surface area contributed by atoms with Gasteiger partial charge in [-0.25, -0.2) is 14.4 Å². The number of unbranched alkanes of at least 4 members (excludes halogenated alkanes) is 1. The molecule has 0 aliphatic heterocycles. The van der Waals surface area contributed by atoms with Crippen molar-refractivity contribution in [3.63, 3.8) is 0 Å². The van der Waals surface area contributed by atoms with Crippen LogP contribution in [0, 0.1) is 15.4 Å². The number of amides is 4. The standard InChI is InChI=1S/C29H42IN5O9/c30-20-10-6-17(7-11-20)15-23(33-25(38)19-8-4-18(16-31)5-9-19)26(39)32-14-2-1-3-21(27(40)41)34-29(44)35-22(28(42)43)12-13-24(36)37/h6-7,10-11,18-19,21-23H,1-5,8-9,12-16,31H2,(H,32,39)(H,33,38)(H,36,37)(H,40,41)(H,42,43)(H2,34,35,44)/p+1/t18?,19?,21-,22-,23-/m0/s1. The first-order valence-corrected chi connectivity index (χ1v) is 15.8. The summed E-state index contributed by atoms with van der Waals surface area (Å²) >= 11 is 2.19. The van der Waals surface area contributed by atoms with Gasteiger partial charge < -0.3 is 42.3 Å². The normalized spacial score (nSPS) is 18.2. The highest BCUT2D eigenvalue weighted by molar-refractivity contribution is 14.1. The predicted molar refractivity (Wildman–Crippen MR) is 166 cm³/mol. The van der Waals surface area contributed by atoms with Crippen LogP contribution in [0.4, 0.5) is 4.79 Å². The Kier molecular flexibility index (Phi) is 15.9. The Morgan fingerprint density at radius 1 is 0.818 bits per heavy atom. The third-order valence-electron chi connectivity index (χ3n) is 7.68. The number of nitrogens with one attached hydrogen (secondary N) is 4. The third-order valence-corrected chi connectivity index (χ3v) is 8.40. The summed E-state index contributed by atoms with van der Waals surface area (Å²) in [6.45, 7) is 1.06. The van der Waals surface area contributed by atoms with Crippen molar-refractivity contribution in [1.29, 1.82) is 0 Å². The second-order valence-corrected chi connectivity index (χ2v) is 12.3. The van der Waals surface area contributed by atoms with Crippen LogP contribution in [0.25, 0.3) is 0 Å². The average Bonchev–Trinajstić information content (AvgIpc) is 2.98. The first-order valence-electron chi connectivity index (χ1n) is 14.8. The number of urea groups is 1. The number of hydrogen-bond acceptors (Lipinski definition) is 6. The molecule has 0 unspecified atom stereocenters. The topological polar surface area (TPSA) is 239 Å². The van der Waals surface area contributed by atoms with Gasteiger partial charge in [0.1, 0.15) is 18.1 Å². The molecule has 0 saturated heterocycles. The van der Waals surface area contributed by atoms with Crippen molar-refractivity contribution in [2.24, 2.45) is 11.8 Å². The molecule has 14 nitrogen and oxygen atoms in total. The number of benzene rings is 1. The van der Waals surface area contributed by atoms with E-state index in [1.807, 2.05) is 24.3 Å². The maximum Gasteiger partial charge on any atom is 0.326 e. The second-order valence-electron chi connectivity index (χ2n) is 11.0. The molecule has 0 spiro atoms. The van der Waals surface area contributed by atoms with Crippen molar-refractivity contribution >= 4 is 58.3 Å². The van der Waals surface area contributed by atoms with Gasteiger partial charge in [-0.05, 0) is 91.7 Å². The summed E-state index contributed by atoms with van der Waals surface area (Å²) in [7, 11) is 0. The minimum absolute atomic E-state index is 0.00422. The van der Waals surface area contributed by atoms with Crippen molar-refractivity contribution in [1.82, 2.24) is 21.3 Å². The highest BCUT2D eigenvalue weighted by Gasteiger charge is 2.30. The van der Waals surface area contributed by atoms with Gasteiger partial charge in [-0.1, -0.05) is 12.1 Å². The molecule has 1 aromatic rings. The molecule has 4 amide bonds. The summed E-state index contributed by atoms with van der Waals surface area (Å²) in [6, 6.07) is 3.03. The molecule has 1 aliphatic carbocycles. The van der Waals surface area contributed by atoms with Gasteiger partial charge in [0.2, 0.25) is 11.8 Å². The van der Waals surface area contributed by atoms with Crippen LogP contribution in [0.2, 0.25) is 0 Å². The predicted octanol–water partition coefficient (Wildman–Crippen LogP) is 0.724. The van der Waals surface area contributed by atoms with Crippen LogP contribution < -0.4 is 27.0 Å². The zero-order chi connectivity index (χ0) is 32.6. The molecule has 3 atom stereocenters. The third kappa shape index (κ3) is 13.4. The van der Waals surface area contributed by atoms with Gasteiger partial charge in [0.05, 0.1) is 6.54 Å². The number of carbonyl (C=O) groups excluding carboxylic acids is 3. The van der Waals surface area contributed by atoms with E-state index in [1.54, 1.807) is 0 Å². The van der Waals surface area contributed by atoms with E-state index in [0.717, 1.165) is 41.4 Å². The molecule has 44 heavy (non-hydrogen) atoms. The number of halogens is 1. The molecule has 10 N–H and O–H groups in total. The number of carbonyl (C=O) groups is 6. The summed E-state index contributed by atoms with van der Waals surface area (Å²) in [5, 5.41) is 37.4. The van der Waals surface area contributed by atoms with Gasteiger partial charge >= 0.3 is 23.9 Å². The van der Waals surface area contributed by atoms with Crippen molar-refractivity contribution in [2.75, 3.05) is 13.1 Å². The SMILES string of the molecule is [NH3+]CC1CCC(C(=O)N[C@@H](Cc2ccc(I)cc2)C(=O)NCCCC[C@H](NC(=O)N[C@@H](CCC(=O)O)C(=O)O)C(=O)O)CC1. The van der Waals surface area contributed by atoms with E-state index in [-0.39, 0.29) is 37.1 Å². The minimum atomic E-state index is -1.49. The zero-order valence-corrected chi connectivity index (χ0v) is 26.7. The van der Waals surface area contributed by atoms with Crippen LogP contribution >= 0.6 is 22.6 Å². The lowest BCUT2D eigenvalue weighted by Gasteiger charge is -2.27. The number of aliphatic carboxylic acids is 3. The Morgan fingerprint density at radius 2 is 1.41 bits per heavy atom. The van der Waals surface area contributed by atoms with E-state index in [1.165, 1.54) is 0 Å². The lowest BCUT2D eigenvalue weighted by molar-refractivity contribution is -0.380. The van der Waals surface area contributed by atoms with E-state index in [4.69, 9.17) is 5.11 Å². The van der Waals surface area contributed by atoms with Gasteiger partial charge in [0.15, 0.2) is 0 Å². The average molecular weight is 733 g/mol. The van der Waals surface area contributed by atoms with Crippen LogP contribution in [0.5, 0.6) is 0 Å². The van der Waals surface area contributed by atoms with Crippen LogP contribution in [0.15, 0.2) is 24.3 Å². The number of quaternary nitrogens is 1. The molecule has 15 heteroatoms. The summed E-state index contributed by atoms with van der Waals surface area (Å²) in [4.78, 5) is 72.0. The molecular weight excluding hydrogens is 689 g/mol. The molecule has 2 rings (SSSR count). The number of carboxylic acid groups (broad SMARTS) is 3. The maximum atomic E-state index is 13.2. The van der Waals surface area contributed by atoms with Crippen LogP contribution in [0.1, 0.15) is 63.4 Å². The van der Waals surface area contributed by atoms with E-state index < -0.39 is 48.5 Å². The lowest BCUT2D eigenvalue weighted by atomic mass is 9.81. The number of hydrogen-bond donors (Lipinski definition) is 8. The van der Waals surface area contributed by atoms with Gasteiger partial charge in [-0.2, -0.15) is 0 Å². The summed E-state index contributed by atoms with van der Waals surface area (Å²) in [6.07, 6.45) is 3.56. The molecule has 1 aliphatic rings. The van der Waals surface area contributed by atoms with E-state index >= 15 is 0 Å². The highest BCUT2D eigenvalue weighted by Crippen LogP contribution is 2.28. The summed E-state index contributed by atoms with van der Waals surface area (Å²) in [5.74, 6) is -4.11. The van der Waals surface area contributed by atoms with Gasteiger partial charge in [-0.15, -0.1) is 0 Å². The summed E-state index contributed by atoms with van der Waals surface area (Å²) < 4.78 is 1.05. The molecule has 0 aromatic heterocycles. The summed E-state index contributed by atoms with van der Waals surface area (Å²) in [5.41, 5.74) is 4.86. The molecule has 1 aromatic carbocycles. The van der Waals surface area contributed by atoms with Gasteiger partial charge in [0, 0.05) is 34.8 Å². The lowest BCUT2D eigenvalue weighted by Crippen LogP contribution is -2.54. The first kappa shape index (κ1) is 36.7. The van der Waals surface area contributed by atoms with Crippen molar-refractivity contribution < 1.29 is 49.8 Å². The van der Waals surface area contributed by atoms with Crippen LogP contribution in [-0.2, 0) is 30.4 Å². The quantitative estimate of drug-likeness (QED) is 0.0783. The van der Waals surface area contributed by atoms with E-state index in [9.17, 15) is 39.0 Å². The van der Waals surface area contributed by atoms with Crippen LogP contribution in [-0.4, -0.2) is 82.3 Å². The van der Waals surface area contributed by atoms with Crippen molar-refractivity contribution in [3.8, 4) is 0 Å². The molecule has 0 radical (unpaired) electrons.